The van der Waals surface area contributed by atoms with Crippen molar-refractivity contribution in [2.45, 2.75) is 25.0 Å². The fourth-order valence-electron chi connectivity index (χ4n) is 3.30. The average molecular weight is 383 g/mol. The molecule has 1 aromatic carbocycles. The van der Waals surface area contributed by atoms with Gasteiger partial charge in [0, 0.05) is 46.5 Å². The molecule has 142 valence electrons. The molecule has 6 nitrogen and oxygen atoms in total. The second-order valence-corrected chi connectivity index (χ2v) is 8.04. The number of rotatable bonds is 6. The number of nitriles is 1. The summed E-state index contributed by atoms with van der Waals surface area (Å²) in [6, 6.07) is 6.54. The molecule has 27 heavy (non-hydrogen) atoms. The summed E-state index contributed by atoms with van der Waals surface area (Å²) in [5.41, 5.74) is 4.56. The van der Waals surface area contributed by atoms with E-state index in [0.717, 1.165) is 54.0 Å². The Kier molecular flexibility index (Phi) is 6.19. The first-order valence-electron chi connectivity index (χ1n) is 9.09. The van der Waals surface area contributed by atoms with Crippen LogP contribution in [0, 0.1) is 18.3 Å². The van der Waals surface area contributed by atoms with Crippen LogP contribution < -0.4 is 4.90 Å². The third-order valence-electron chi connectivity index (χ3n) is 4.81. The average Bonchev–Trinajstić information content (AvgIpc) is 3.02. The predicted molar refractivity (Wildman–Crippen MR) is 110 cm³/mol. The fraction of sp³-hybridized carbons (Fsp3) is 0.450. The van der Waals surface area contributed by atoms with Crippen LogP contribution in [0.25, 0.3) is 0 Å². The molecule has 1 aliphatic heterocycles. The molecule has 3 rings (SSSR count). The Labute approximate surface area is 165 Å². The summed E-state index contributed by atoms with van der Waals surface area (Å²) in [6.07, 6.45) is 5.47. The highest BCUT2D eigenvalue weighted by Gasteiger charge is 2.16. The number of hydrogen-bond donors (Lipinski definition) is 0. The number of aromatic nitrogens is 3. The number of thioether (sulfide) groups is 1. The normalized spacial score (nSPS) is 14.3. The maximum absolute atomic E-state index is 9.24. The topological polar surface area (TPSA) is 61.0 Å². The molecule has 0 saturated heterocycles. The highest BCUT2D eigenvalue weighted by atomic mass is 32.2. The second kappa shape index (κ2) is 8.59. The van der Waals surface area contributed by atoms with Crippen molar-refractivity contribution >= 4 is 17.7 Å². The number of benzene rings is 1. The summed E-state index contributed by atoms with van der Waals surface area (Å²) in [4.78, 5) is 4.38. The van der Waals surface area contributed by atoms with Crippen molar-refractivity contribution in [1.29, 1.82) is 5.26 Å². The molecule has 0 unspecified atom stereocenters. The van der Waals surface area contributed by atoms with Gasteiger partial charge in [0.1, 0.15) is 0 Å². The van der Waals surface area contributed by atoms with E-state index < -0.39 is 0 Å². The minimum atomic E-state index is 0.795. The molecule has 7 heteroatoms. The van der Waals surface area contributed by atoms with Crippen LogP contribution in [0.4, 0.5) is 5.95 Å². The van der Waals surface area contributed by atoms with Crippen LogP contribution in [0.5, 0.6) is 0 Å². The molecule has 0 atom stereocenters. The van der Waals surface area contributed by atoms with E-state index in [2.05, 4.69) is 45.5 Å². The van der Waals surface area contributed by atoms with E-state index in [9.17, 15) is 5.26 Å². The van der Waals surface area contributed by atoms with Crippen LogP contribution in [0.1, 0.15) is 22.3 Å². The van der Waals surface area contributed by atoms with Gasteiger partial charge in [0.05, 0.1) is 11.6 Å². The Morgan fingerprint density at radius 2 is 2.07 bits per heavy atom. The fourth-order valence-corrected chi connectivity index (χ4v) is 4.06. The minimum Gasteiger partial charge on any atom is -0.347 e. The van der Waals surface area contributed by atoms with Gasteiger partial charge in [-0.1, -0.05) is 30.0 Å². The minimum absolute atomic E-state index is 0.795. The zero-order valence-electron chi connectivity index (χ0n) is 16.4. The van der Waals surface area contributed by atoms with Gasteiger partial charge in [-0.2, -0.15) is 5.26 Å². The largest absolute Gasteiger partial charge is 0.347 e. The maximum Gasteiger partial charge on any atom is 0.227 e. The molecule has 0 amide bonds. The second-order valence-electron chi connectivity index (χ2n) is 7.05. The summed E-state index contributed by atoms with van der Waals surface area (Å²) in [6.45, 7) is 4.92. The first kappa shape index (κ1) is 19.5. The molecule has 0 N–H and O–H groups in total. The van der Waals surface area contributed by atoms with Crippen molar-refractivity contribution in [3.63, 3.8) is 0 Å². The van der Waals surface area contributed by atoms with E-state index in [4.69, 9.17) is 0 Å². The van der Waals surface area contributed by atoms with E-state index in [1.54, 1.807) is 11.8 Å². The third-order valence-corrected chi connectivity index (χ3v) is 5.78. The first-order chi connectivity index (χ1) is 13.0. The van der Waals surface area contributed by atoms with Crippen molar-refractivity contribution < 1.29 is 0 Å². The van der Waals surface area contributed by atoms with Crippen molar-refractivity contribution in [2.75, 3.05) is 37.8 Å². The smallest absolute Gasteiger partial charge is 0.227 e. The van der Waals surface area contributed by atoms with Crippen molar-refractivity contribution in [2.24, 2.45) is 7.05 Å². The lowest BCUT2D eigenvalue weighted by Gasteiger charge is -2.28. The number of fused-ring (bicyclic) bond motifs is 1. The van der Waals surface area contributed by atoms with E-state index in [0.29, 0.717) is 0 Å². The molecule has 2 aromatic rings. The first-order valence-corrected chi connectivity index (χ1v) is 10.1. The molecule has 0 fully saturated rings. The van der Waals surface area contributed by atoms with Crippen LogP contribution in [-0.2, 0) is 20.0 Å². The number of aryl methyl sites for hydroxylation is 1. The van der Waals surface area contributed by atoms with Crippen molar-refractivity contribution in [1.82, 2.24) is 19.7 Å². The lowest BCUT2D eigenvalue weighted by atomic mass is 9.94. The molecule has 0 bridgehead atoms. The SMILES string of the molecule is Cc1cc2c(cc1C#N)CN(C/C=C/CSc1nnc(N(C)C)n1C)CC2. The Hall–Kier alpha value is -2.30. The summed E-state index contributed by atoms with van der Waals surface area (Å²) in [7, 11) is 5.93. The number of nitrogens with zero attached hydrogens (tertiary/aromatic N) is 6. The van der Waals surface area contributed by atoms with E-state index in [-0.39, 0.29) is 0 Å². The van der Waals surface area contributed by atoms with Gasteiger partial charge in [0.2, 0.25) is 5.95 Å². The van der Waals surface area contributed by atoms with Gasteiger partial charge in [0.25, 0.3) is 0 Å². The van der Waals surface area contributed by atoms with E-state index in [1.807, 2.05) is 37.5 Å². The Morgan fingerprint density at radius 1 is 1.26 bits per heavy atom. The molecular weight excluding hydrogens is 356 g/mol. The lowest BCUT2D eigenvalue weighted by Crippen LogP contribution is -2.30. The predicted octanol–water partition coefficient (Wildman–Crippen LogP) is 2.77. The number of hydrogen-bond acceptors (Lipinski definition) is 6. The van der Waals surface area contributed by atoms with Gasteiger partial charge in [0.15, 0.2) is 5.16 Å². The molecule has 0 spiro atoms. The third kappa shape index (κ3) is 4.52. The molecular formula is C20H26N6S. The monoisotopic (exact) mass is 382 g/mol. The van der Waals surface area contributed by atoms with Gasteiger partial charge < -0.3 is 4.90 Å². The summed E-state index contributed by atoms with van der Waals surface area (Å²) >= 11 is 1.69. The molecule has 1 aromatic heterocycles. The molecule has 0 radical (unpaired) electrons. The Morgan fingerprint density at radius 3 is 2.78 bits per heavy atom. The molecule has 0 aliphatic carbocycles. The van der Waals surface area contributed by atoms with Gasteiger partial charge in [-0.05, 0) is 36.1 Å². The maximum atomic E-state index is 9.24. The van der Waals surface area contributed by atoms with Gasteiger partial charge in [-0.25, -0.2) is 0 Å². The van der Waals surface area contributed by atoms with Gasteiger partial charge in [-0.3, -0.25) is 9.47 Å². The molecule has 2 heterocycles. The zero-order chi connectivity index (χ0) is 19.4. The Bertz CT molecular complexity index is 877. The summed E-state index contributed by atoms with van der Waals surface area (Å²) < 4.78 is 2.01. The van der Waals surface area contributed by atoms with E-state index in [1.165, 1.54) is 11.1 Å². The number of anilines is 1. The summed E-state index contributed by atoms with van der Waals surface area (Å²) in [5.74, 6) is 1.74. The summed E-state index contributed by atoms with van der Waals surface area (Å²) in [5, 5.41) is 18.6. The highest BCUT2D eigenvalue weighted by molar-refractivity contribution is 7.99. The quantitative estimate of drug-likeness (QED) is 0.566. The van der Waals surface area contributed by atoms with Crippen molar-refractivity contribution in [3.8, 4) is 6.07 Å². The Balaban J connectivity index is 1.50. The van der Waals surface area contributed by atoms with Crippen LogP contribution in [-0.4, -0.2) is 52.6 Å². The molecule has 0 saturated carbocycles. The molecule has 1 aliphatic rings. The van der Waals surface area contributed by atoms with Crippen LogP contribution in [0.15, 0.2) is 29.4 Å². The van der Waals surface area contributed by atoms with Crippen molar-refractivity contribution in [3.05, 3.63) is 46.5 Å². The van der Waals surface area contributed by atoms with Crippen LogP contribution in [0.3, 0.4) is 0 Å². The zero-order valence-corrected chi connectivity index (χ0v) is 17.3. The lowest BCUT2D eigenvalue weighted by molar-refractivity contribution is 0.281. The van der Waals surface area contributed by atoms with Gasteiger partial charge >= 0.3 is 0 Å². The standard InChI is InChI=1S/C20H26N6S/c1-15-11-16-7-9-26(14-18(16)12-17(15)13-21)8-5-6-10-27-20-23-22-19(24(2)3)25(20)4/h5-6,11-12H,7-10,14H2,1-4H3/b6-5+. The van der Waals surface area contributed by atoms with Crippen LogP contribution in [0.2, 0.25) is 0 Å². The highest BCUT2D eigenvalue weighted by Crippen LogP contribution is 2.23. The van der Waals surface area contributed by atoms with Gasteiger partial charge in [-0.15, -0.1) is 10.2 Å². The van der Waals surface area contributed by atoms with Crippen LogP contribution >= 0.6 is 11.8 Å². The van der Waals surface area contributed by atoms with E-state index >= 15 is 0 Å².